The van der Waals surface area contributed by atoms with E-state index in [4.69, 9.17) is 4.98 Å². The summed E-state index contributed by atoms with van der Waals surface area (Å²) in [6.07, 6.45) is 0. The van der Waals surface area contributed by atoms with Gasteiger partial charge >= 0.3 is 0 Å². The van der Waals surface area contributed by atoms with E-state index in [9.17, 15) is 14.9 Å². The van der Waals surface area contributed by atoms with Crippen LogP contribution in [-0.4, -0.2) is 56.4 Å². The van der Waals surface area contributed by atoms with Crippen molar-refractivity contribution in [2.45, 2.75) is 13.5 Å². The number of imidazole rings is 1. The summed E-state index contributed by atoms with van der Waals surface area (Å²) in [4.78, 5) is 32.3. The lowest BCUT2D eigenvalue weighted by atomic mass is 10.1. The van der Waals surface area contributed by atoms with Gasteiger partial charge in [0.1, 0.15) is 5.82 Å². The predicted octanol–water partition coefficient (Wildman–Crippen LogP) is 2.75. The first-order valence-electron chi connectivity index (χ1n) is 9.61. The zero-order valence-electron chi connectivity index (χ0n) is 16.5. The van der Waals surface area contributed by atoms with Gasteiger partial charge in [-0.3, -0.25) is 19.8 Å². The largest absolute Gasteiger partial charge is 0.336 e. The maximum Gasteiger partial charge on any atom is 0.273 e. The highest BCUT2D eigenvalue weighted by atomic mass is 16.6. The van der Waals surface area contributed by atoms with E-state index in [0.29, 0.717) is 24.2 Å². The van der Waals surface area contributed by atoms with Crippen molar-refractivity contribution < 1.29 is 9.72 Å². The van der Waals surface area contributed by atoms with Crippen LogP contribution in [0.5, 0.6) is 0 Å². The molecule has 1 fully saturated rings. The quantitative estimate of drug-likeness (QED) is 0.503. The third-order valence-electron chi connectivity index (χ3n) is 5.56. The molecule has 1 aliphatic heterocycles. The maximum absolute atomic E-state index is 12.8. The molecule has 0 unspecified atom stereocenters. The molecular weight excluding hydrogens is 370 g/mol. The van der Waals surface area contributed by atoms with Gasteiger partial charge in [-0.25, -0.2) is 4.98 Å². The molecule has 150 valence electrons. The number of para-hydroxylation sites is 2. The number of hydrogen-bond donors (Lipinski definition) is 0. The summed E-state index contributed by atoms with van der Waals surface area (Å²) >= 11 is 0. The summed E-state index contributed by atoms with van der Waals surface area (Å²) in [6, 6.07) is 12.7. The Kier molecular flexibility index (Phi) is 5.02. The number of nitrogens with zero attached hydrogens (tertiary/aromatic N) is 5. The number of aryl methyl sites for hydroxylation is 2. The van der Waals surface area contributed by atoms with Crippen molar-refractivity contribution in [3.8, 4) is 0 Å². The van der Waals surface area contributed by atoms with Crippen LogP contribution in [-0.2, 0) is 13.6 Å². The van der Waals surface area contributed by atoms with Crippen molar-refractivity contribution in [1.82, 2.24) is 19.4 Å². The zero-order chi connectivity index (χ0) is 20.5. The molecule has 8 heteroatoms. The number of rotatable bonds is 4. The van der Waals surface area contributed by atoms with Gasteiger partial charge < -0.3 is 9.47 Å². The van der Waals surface area contributed by atoms with Crippen LogP contribution < -0.4 is 0 Å². The fourth-order valence-electron chi connectivity index (χ4n) is 3.77. The van der Waals surface area contributed by atoms with Gasteiger partial charge in [-0.15, -0.1) is 0 Å². The molecular formula is C21H23N5O3. The van der Waals surface area contributed by atoms with Gasteiger partial charge in [0.15, 0.2) is 0 Å². The molecule has 1 amide bonds. The molecule has 4 rings (SSSR count). The number of fused-ring (bicyclic) bond motifs is 1. The molecule has 2 aromatic carbocycles. The lowest BCUT2D eigenvalue weighted by Crippen LogP contribution is -2.48. The van der Waals surface area contributed by atoms with Crippen LogP contribution >= 0.6 is 0 Å². The first kappa shape index (κ1) is 19.1. The van der Waals surface area contributed by atoms with Gasteiger partial charge in [0.25, 0.3) is 11.6 Å². The molecule has 1 aromatic heterocycles. The van der Waals surface area contributed by atoms with E-state index in [1.54, 1.807) is 24.0 Å². The van der Waals surface area contributed by atoms with Crippen LogP contribution in [0.15, 0.2) is 42.5 Å². The standard InChI is InChI=1S/C21H23N5O3/c1-15-7-8-16(13-19(15)26(28)29)21(27)25-11-9-24(10-12-25)14-20-22-17-5-3-4-6-18(17)23(20)2/h3-8,13H,9-12,14H2,1-2H3. The number of nitro groups is 1. The van der Waals surface area contributed by atoms with Crippen LogP contribution in [0.25, 0.3) is 11.0 Å². The molecule has 0 radical (unpaired) electrons. The summed E-state index contributed by atoms with van der Waals surface area (Å²) in [5, 5.41) is 11.1. The molecule has 1 aliphatic rings. The number of carbonyl (C=O) groups excluding carboxylic acids is 1. The number of carbonyl (C=O) groups is 1. The van der Waals surface area contributed by atoms with Crippen LogP contribution in [0.4, 0.5) is 5.69 Å². The topological polar surface area (TPSA) is 84.5 Å². The smallest absolute Gasteiger partial charge is 0.273 e. The van der Waals surface area contributed by atoms with Crippen LogP contribution in [0, 0.1) is 17.0 Å². The SMILES string of the molecule is Cc1ccc(C(=O)N2CCN(Cc3nc4ccccc4n3C)CC2)cc1[N+](=O)[O-]. The van der Waals surface area contributed by atoms with Crippen LogP contribution in [0.1, 0.15) is 21.7 Å². The molecule has 2 heterocycles. The van der Waals surface area contributed by atoms with E-state index < -0.39 is 4.92 Å². The lowest BCUT2D eigenvalue weighted by Gasteiger charge is -2.34. The molecule has 0 saturated carbocycles. The molecule has 0 bridgehead atoms. The van der Waals surface area contributed by atoms with Gasteiger partial charge in [0, 0.05) is 50.4 Å². The molecule has 29 heavy (non-hydrogen) atoms. The van der Waals surface area contributed by atoms with E-state index in [0.717, 1.165) is 36.5 Å². The second-order valence-electron chi connectivity index (χ2n) is 7.40. The normalized spacial score (nSPS) is 15.0. The van der Waals surface area contributed by atoms with Crippen LogP contribution in [0.2, 0.25) is 0 Å². The van der Waals surface area contributed by atoms with E-state index in [2.05, 4.69) is 15.5 Å². The fourth-order valence-corrected chi connectivity index (χ4v) is 3.77. The Balaban J connectivity index is 1.41. The Labute approximate surface area is 168 Å². The van der Waals surface area contributed by atoms with Gasteiger partial charge in [0.2, 0.25) is 0 Å². The molecule has 0 atom stereocenters. The highest BCUT2D eigenvalue weighted by Crippen LogP contribution is 2.21. The fraction of sp³-hybridized carbons (Fsp3) is 0.333. The lowest BCUT2D eigenvalue weighted by molar-refractivity contribution is -0.385. The average molecular weight is 393 g/mol. The zero-order valence-corrected chi connectivity index (χ0v) is 16.5. The van der Waals surface area contributed by atoms with E-state index in [-0.39, 0.29) is 11.6 Å². The third kappa shape index (κ3) is 3.71. The Morgan fingerprint density at radius 1 is 1.14 bits per heavy atom. The first-order valence-corrected chi connectivity index (χ1v) is 9.61. The Morgan fingerprint density at radius 3 is 2.55 bits per heavy atom. The Hall–Kier alpha value is -3.26. The van der Waals surface area contributed by atoms with Crippen molar-refractivity contribution in [2.75, 3.05) is 26.2 Å². The predicted molar refractivity (Wildman–Crippen MR) is 110 cm³/mol. The second kappa shape index (κ2) is 7.63. The molecule has 1 saturated heterocycles. The summed E-state index contributed by atoms with van der Waals surface area (Å²) in [7, 11) is 2.02. The molecule has 0 N–H and O–H groups in total. The maximum atomic E-state index is 12.8. The number of hydrogen-bond acceptors (Lipinski definition) is 5. The van der Waals surface area contributed by atoms with E-state index in [1.807, 2.05) is 25.2 Å². The number of amides is 1. The molecule has 8 nitrogen and oxygen atoms in total. The summed E-state index contributed by atoms with van der Waals surface area (Å²) < 4.78 is 2.11. The number of aromatic nitrogens is 2. The minimum absolute atomic E-state index is 0.0173. The Morgan fingerprint density at radius 2 is 1.86 bits per heavy atom. The van der Waals surface area contributed by atoms with E-state index in [1.165, 1.54) is 6.07 Å². The van der Waals surface area contributed by atoms with Crippen molar-refractivity contribution >= 4 is 22.6 Å². The number of nitro benzene ring substituents is 1. The highest BCUT2D eigenvalue weighted by Gasteiger charge is 2.24. The third-order valence-corrected chi connectivity index (χ3v) is 5.56. The van der Waals surface area contributed by atoms with Crippen molar-refractivity contribution in [3.05, 3.63) is 69.5 Å². The second-order valence-corrected chi connectivity index (χ2v) is 7.40. The van der Waals surface area contributed by atoms with Crippen LogP contribution in [0.3, 0.4) is 0 Å². The Bertz CT molecular complexity index is 1080. The molecule has 3 aromatic rings. The first-order chi connectivity index (χ1) is 13.9. The summed E-state index contributed by atoms with van der Waals surface area (Å²) in [6.45, 7) is 5.05. The van der Waals surface area contributed by atoms with Crippen molar-refractivity contribution in [2.24, 2.45) is 7.05 Å². The molecule has 0 aliphatic carbocycles. The van der Waals surface area contributed by atoms with E-state index >= 15 is 0 Å². The van der Waals surface area contributed by atoms with Gasteiger partial charge in [-0.1, -0.05) is 18.2 Å². The summed E-state index contributed by atoms with van der Waals surface area (Å²) in [5.74, 6) is 0.843. The summed E-state index contributed by atoms with van der Waals surface area (Å²) in [5.41, 5.74) is 3.00. The minimum atomic E-state index is -0.444. The van der Waals surface area contributed by atoms with Gasteiger partial charge in [-0.2, -0.15) is 0 Å². The number of piperazine rings is 1. The van der Waals surface area contributed by atoms with Crippen molar-refractivity contribution in [3.63, 3.8) is 0 Å². The number of benzene rings is 2. The van der Waals surface area contributed by atoms with Gasteiger partial charge in [-0.05, 0) is 25.1 Å². The monoisotopic (exact) mass is 393 g/mol. The minimum Gasteiger partial charge on any atom is -0.336 e. The molecule has 0 spiro atoms. The highest BCUT2D eigenvalue weighted by molar-refractivity contribution is 5.95. The average Bonchev–Trinajstić information content (AvgIpc) is 3.04. The van der Waals surface area contributed by atoms with Crippen molar-refractivity contribution in [1.29, 1.82) is 0 Å². The van der Waals surface area contributed by atoms with Gasteiger partial charge in [0.05, 0.1) is 22.5 Å².